The van der Waals surface area contributed by atoms with Crippen LogP contribution in [0.3, 0.4) is 0 Å². The molecule has 2 bridgehead atoms. The van der Waals surface area contributed by atoms with Crippen molar-refractivity contribution in [2.45, 2.75) is 25.6 Å². The Bertz CT molecular complexity index is 829. The summed E-state index contributed by atoms with van der Waals surface area (Å²) in [5, 5.41) is 0. The second-order valence-electron chi connectivity index (χ2n) is 7.61. The van der Waals surface area contributed by atoms with Crippen molar-refractivity contribution in [1.82, 2.24) is 4.98 Å². The van der Waals surface area contributed by atoms with E-state index >= 15 is 0 Å². The Labute approximate surface area is 180 Å². The number of carbonyl (C=O) groups is 2. The lowest BCUT2D eigenvalue weighted by atomic mass is 9.96. The minimum Gasteiger partial charge on any atom is -0.430 e. The zero-order valence-corrected chi connectivity index (χ0v) is 18.5. The molecule has 7 heteroatoms. The Balaban J connectivity index is 1.33. The Hall–Kier alpha value is -1.48. The van der Waals surface area contributed by atoms with Crippen LogP contribution in [0, 0.1) is 9.49 Å². The molecule has 3 fully saturated rings. The predicted molar refractivity (Wildman–Crippen MR) is 119 cm³/mol. The van der Waals surface area contributed by atoms with Crippen molar-refractivity contribution < 1.29 is 19.1 Å². The molecule has 1 aromatic carbocycles. The lowest BCUT2D eigenvalue weighted by Crippen LogP contribution is -2.46. The summed E-state index contributed by atoms with van der Waals surface area (Å²) in [5.74, 6) is 4.24. The van der Waals surface area contributed by atoms with Gasteiger partial charge in [-0.2, -0.15) is 0 Å². The van der Waals surface area contributed by atoms with Crippen molar-refractivity contribution in [3.05, 3.63) is 57.4 Å². The molecule has 1 atom stereocenters. The predicted octanol–water partition coefficient (Wildman–Crippen LogP) is 4.75. The fourth-order valence-corrected chi connectivity index (χ4v) is 8.80. The molecule has 0 saturated carbocycles. The smallest absolute Gasteiger partial charge is 0.430 e. The Morgan fingerprint density at radius 1 is 1.14 bits per heavy atom. The molecule has 0 unspecified atom stereocenters. The second-order valence-corrected chi connectivity index (χ2v) is 12.7. The molecule has 150 valence electrons. The molecule has 5 nitrogen and oxygen atoms in total. The number of carbonyl (C=O) groups excluding carboxylic acids is 2. The van der Waals surface area contributed by atoms with Crippen LogP contribution in [-0.4, -0.2) is 46.0 Å². The van der Waals surface area contributed by atoms with Gasteiger partial charge in [-0.25, -0.2) is 14.8 Å². The van der Waals surface area contributed by atoms with Crippen LogP contribution in [0.25, 0.3) is 0 Å². The van der Waals surface area contributed by atoms with E-state index in [4.69, 9.17) is 9.47 Å². The number of fused-ring (bicyclic) bond motifs is 3. The van der Waals surface area contributed by atoms with Gasteiger partial charge in [0.15, 0.2) is 5.78 Å². The SMILES string of the molecule is O=C(OCc1ccc(I)cc1)O[C@H]1CS2(CC(=O)c3ccc[nH]3)CCC1CC2. The van der Waals surface area contributed by atoms with E-state index in [0.717, 1.165) is 39.2 Å². The Morgan fingerprint density at radius 3 is 2.57 bits per heavy atom. The zero-order chi connectivity index (χ0) is 19.6. The van der Waals surface area contributed by atoms with Crippen LogP contribution in [0.15, 0.2) is 42.6 Å². The minimum atomic E-state index is -1.06. The number of rotatable bonds is 6. The van der Waals surface area contributed by atoms with Crippen LogP contribution in [0.5, 0.6) is 0 Å². The second kappa shape index (κ2) is 8.49. The minimum absolute atomic E-state index is 0.113. The summed E-state index contributed by atoms with van der Waals surface area (Å²) in [5.41, 5.74) is 1.63. The summed E-state index contributed by atoms with van der Waals surface area (Å²) in [7, 11) is -1.06. The maximum absolute atomic E-state index is 12.6. The quantitative estimate of drug-likeness (QED) is 0.344. The van der Waals surface area contributed by atoms with Gasteiger partial charge in [0.25, 0.3) is 0 Å². The van der Waals surface area contributed by atoms with E-state index in [0.29, 0.717) is 17.4 Å². The van der Waals surface area contributed by atoms with Gasteiger partial charge in [-0.15, -0.1) is 0 Å². The van der Waals surface area contributed by atoms with Crippen LogP contribution in [0.1, 0.15) is 28.9 Å². The number of aromatic amines is 1. The summed E-state index contributed by atoms with van der Waals surface area (Å²) in [4.78, 5) is 27.9. The Morgan fingerprint density at radius 2 is 1.89 bits per heavy atom. The number of nitrogens with one attached hydrogen (secondary N) is 1. The topological polar surface area (TPSA) is 68.4 Å². The normalized spacial score (nSPS) is 28.3. The number of aromatic nitrogens is 1. The fourth-order valence-electron chi connectivity index (χ4n) is 4.15. The summed E-state index contributed by atoms with van der Waals surface area (Å²) < 4.78 is 12.2. The van der Waals surface area contributed by atoms with E-state index in [1.165, 1.54) is 0 Å². The molecule has 0 amide bonds. The highest BCUT2D eigenvalue weighted by atomic mass is 127. The molecule has 0 aliphatic carbocycles. The van der Waals surface area contributed by atoms with Crippen LogP contribution in [0.4, 0.5) is 4.79 Å². The third-order valence-electron chi connectivity index (χ3n) is 5.74. The maximum Gasteiger partial charge on any atom is 0.508 e. The summed E-state index contributed by atoms with van der Waals surface area (Å²) in [6.45, 7) is 0.219. The highest BCUT2D eigenvalue weighted by Gasteiger charge is 2.45. The molecule has 3 saturated heterocycles. The van der Waals surface area contributed by atoms with Gasteiger partial charge in [-0.1, -0.05) is 12.1 Å². The average Bonchev–Trinajstić information content (AvgIpc) is 3.23. The van der Waals surface area contributed by atoms with Crippen molar-refractivity contribution >= 4 is 44.6 Å². The van der Waals surface area contributed by atoms with Gasteiger partial charge in [0, 0.05) is 21.3 Å². The van der Waals surface area contributed by atoms with Gasteiger partial charge in [0.05, 0.1) is 5.69 Å². The van der Waals surface area contributed by atoms with Gasteiger partial charge in [0.1, 0.15) is 12.7 Å². The molecular weight excluding hydrogens is 489 g/mol. The average molecular weight is 513 g/mol. The van der Waals surface area contributed by atoms with Crippen molar-refractivity contribution in [2.75, 3.05) is 23.0 Å². The fraction of sp³-hybridized carbons (Fsp3) is 0.429. The third-order valence-corrected chi connectivity index (χ3v) is 10.6. The zero-order valence-electron chi connectivity index (χ0n) is 15.6. The first-order valence-corrected chi connectivity index (χ1v) is 12.9. The first-order valence-electron chi connectivity index (χ1n) is 9.52. The van der Waals surface area contributed by atoms with E-state index in [2.05, 4.69) is 27.6 Å². The number of Topliss-reactive ketones (excluding diaryl/α,β-unsaturated/α-hetero) is 1. The molecule has 1 N–H and O–H groups in total. The molecule has 0 radical (unpaired) electrons. The molecule has 5 rings (SSSR count). The molecule has 2 aromatic rings. The summed E-state index contributed by atoms with van der Waals surface area (Å²) in [6, 6.07) is 11.6. The number of hydrogen-bond donors (Lipinski definition) is 1. The molecule has 4 heterocycles. The van der Waals surface area contributed by atoms with Crippen molar-refractivity contribution in [1.29, 1.82) is 0 Å². The van der Waals surface area contributed by atoms with Gasteiger partial charge in [-0.3, -0.25) is 4.79 Å². The maximum atomic E-state index is 12.6. The number of H-pyrrole nitrogens is 1. The van der Waals surface area contributed by atoms with Crippen molar-refractivity contribution in [2.24, 2.45) is 5.92 Å². The van der Waals surface area contributed by atoms with Crippen LogP contribution in [0.2, 0.25) is 0 Å². The van der Waals surface area contributed by atoms with E-state index in [1.807, 2.05) is 36.4 Å². The van der Waals surface area contributed by atoms with Gasteiger partial charge in [0.2, 0.25) is 0 Å². The van der Waals surface area contributed by atoms with Gasteiger partial charge in [-0.05, 0) is 82.7 Å². The number of ether oxygens (including phenoxy) is 2. The molecule has 0 spiro atoms. The van der Waals surface area contributed by atoms with Crippen LogP contribution < -0.4 is 0 Å². The number of benzene rings is 1. The van der Waals surface area contributed by atoms with Crippen molar-refractivity contribution in [3.63, 3.8) is 0 Å². The number of hydrogen-bond acceptors (Lipinski definition) is 4. The molecule has 28 heavy (non-hydrogen) atoms. The van der Waals surface area contributed by atoms with Gasteiger partial charge >= 0.3 is 6.16 Å². The lowest BCUT2D eigenvalue weighted by molar-refractivity contribution is 0.00238. The number of halogens is 1. The Kier molecular flexibility index (Phi) is 6.01. The lowest BCUT2D eigenvalue weighted by Gasteiger charge is -2.53. The van der Waals surface area contributed by atoms with E-state index in [-0.39, 0.29) is 18.5 Å². The molecule has 3 aliphatic heterocycles. The monoisotopic (exact) mass is 513 g/mol. The third kappa shape index (κ3) is 4.56. The summed E-state index contributed by atoms with van der Waals surface area (Å²) >= 11 is 2.24. The van der Waals surface area contributed by atoms with E-state index < -0.39 is 16.2 Å². The molecule has 3 aliphatic rings. The molecular formula is C21H24INO4S. The number of ketones is 1. The van der Waals surface area contributed by atoms with Crippen LogP contribution >= 0.6 is 32.6 Å². The van der Waals surface area contributed by atoms with E-state index in [1.54, 1.807) is 6.20 Å². The van der Waals surface area contributed by atoms with Crippen LogP contribution in [-0.2, 0) is 16.1 Å². The van der Waals surface area contributed by atoms with Gasteiger partial charge < -0.3 is 14.5 Å². The highest BCUT2D eigenvalue weighted by molar-refractivity contribution is 14.1. The van der Waals surface area contributed by atoms with E-state index in [9.17, 15) is 9.59 Å². The highest BCUT2D eigenvalue weighted by Crippen LogP contribution is 2.60. The first-order chi connectivity index (χ1) is 13.5. The first kappa shape index (κ1) is 19.8. The van der Waals surface area contributed by atoms with Crippen molar-refractivity contribution in [3.8, 4) is 0 Å². The standard InChI is InChI=1S/C21H24INO4S/c22-17-5-3-15(4-6-17)12-26-21(25)27-20-14-28(10-7-16(20)8-11-28)13-19(24)18-2-1-9-23-18/h1-6,9,16,20,23H,7-8,10-14H2/t20-/m0/s1. The molecule has 1 aromatic heterocycles. The summed E-state index contributed by atoms with van der Waals surface area (Å²) in [6.07, 6.45) is 3.16. The largest absolute Gasteiger partial charge is 0.508 e.